The van der Waals surface area contributed by atoms with Gasteiger partial charge in [0.1, 0.15) is 11.5 Å². The third-order valence-corrected chi connectivity index (χ3v) is 7.49. The number of rotatable bonds is 5. The van der Waals surface area contributed by atoms with Crippen LogP contribution < -0.4 is 9.47 Å². The molecule has 4 aliphatic heterocycles. The van der Waals surface area contributed by atoms with Crippen molar-refractivity contribution < 1.29 is 14.3 Å². The zero-order valence-electron chi connectivity index (χ0n) is 19.3. The predicted octanol–water partition coefficient (Wildman–Crippen LogP) is 3.21. The first-order valence-electron chi connectivity index (χ1n) is 11.5. The van der Waals surface area contributed by atoms with Gasteiger partial charge in [-0.3, -0.25) is 4.90 Å². The molecule has 172 valence electrons. The quantitative estimate of drug-likeness (QED) is 0.599. The molecule has 1 spiro atoms. The van der Waals surface area contributed by atoms with E-state index < -0.39 is 5.72 Å². The fraction of sp³-hybridized carbons (Fsp3) is 0.440. The Hall–Kier alpha value is -3.26. The van der Waals surface area contributed by atoms with Crippen LogP contribution in [0.2, 0.25) is 0 Å². The van der Waals surface area contributed by atoms with Gasteiger partial charge in [0.15, 0.2) is 5.82 Å². The minimum atomic E-state index is -0.491. The zero-order chi connectivity index (χ0) is 22.6. The third kappa shape index (κ3) is 3.08. The molecule has 3 saturated heterocycles. The molecule has 0 saturated carbocycles. The molecule has 7 rings (SSSR count). The van der Waals surface area contributed by atoms with Crippen LogP contribution in [0.5, 0.6) is 11.5 Å². The minimum Gasteiger partial charge on any atom is -0.497 e. The molecule has 5 heterocycles. The number of hydrogen-bond acceptors (Lipinski definition) is 7. The molecule has 2 bridgehead atoms. The van der Waals surface area contributed by atoms with E-state index in [9.17, 15) is 0 Å². The summed E-state index contributed by atoms with van der Waals surface area (Å²) in [5.74, 6) is 3.58. The summed E-state index contributed by atoms with van der Waals surface area (Å²) >= 11 is 0. The van der Waals surface area contributed by atoms with Gasteiger partial charge in [0.2, 0.25) is 11.6 Å². The second-order valence-corrected chi connectivity index (χ2v) is 9.15. The standard InChI is InChI=1S/C25H29N5O3/c1-28-21-7-5-4-6-20(21)26-23(28)24-27-33-25(16-29-12-10-18(25)11-13-29)30(24)15-17-8-9-19(31-2)14-22(17)32-3/h4-9,14,18H,10-13,15-16H2,1-3H3. The summed E-state index contributed by atoms with van der Waals surface area (Å²) in [4.78, 5) is 16.2. The van der Waals surface area contributed by atoms with E-state index in [2.05, 4.69) is 26.5 Å². The monoisotopic (exact) mass is 447 g/mol. The number of oxime groups is 1. The van der Waals surface area contributed by atoms with Crippen LogP contribution in [0, 0.1) is 5.92 Å². The van der Waals surface area contributed by atoms with Crippen LogP contribution in [0.1, 0.15) is 24.2 Å². The number of ether oxygens (including phenoxy) is 2. The minimum absolute atomic E-state index is 0.419. The smallest absolute Gasteiger partial charge is 0.227 e. The number of para-hydroxylation sites is 2. The van der Waals surface area contributed by atoms with Crippen molar-refractivity contribution >= 4 is 16.9 Å². The second-order valence-electron chi connectivity index (χ2n) is 9.15. The van der Waals surface area contributed by atoms with Gasteiger partial charge in [0.25, 0.3) is 0 Å². The topological polar surface area (TPSA) is 64.3 Å². The van der Waals surface area contributed by atoms with Crippen molar-refractivity contribution in [1.82, 2.24) is 19.4 Å². The van der Waals surface area contributed by atoms with Gasteiger partial charge in [0, 0.05) is 24.6 Å². The molecule has 0 amide bonds. The molecule has 4 aliphatic rings. The van der Waals surface area contributed by atoms with Crippen LogP contribution in [0.4, 0.5) is 0 Å². The molecule has 1 unspecified atom stereocenters. The van der Waals surface area contributed by atoms with Gasteiger partial charge in [0.05, 0.1) is 38.3 Å². The largest absolute Gasteiger partial charge is 0.497 e. The van der Waals surface area contributed by atoms with Crippen molar-refractivity contribution in [1.29, 1.82) is 0 Å². The Labute approximate surface area is 193 Å². The lowest BCUT2D eigenvalue weighted by atomic mass is 9.79. The van der Waals surface area contributed by atoms with Crippen molar-refractivity contribution in [2.24, 2.45) is 18.1 Å². The molecule has 2 aromatic carbocycles. The maximum Gasteiger partial charge on any atom is 0.227 e. The first-order valence-corrected chi connectivity index (χ1v) is 11.5. The number of methoxy groups -OCH3 is 2. The number of aromatic nitrogens is 2. The van der Waals surface area contributed by atoms with E-state index in [1.165, 1.54) is 0 Å². The molecular formula is C25H29N5O3. The Bertz CT molecular complexity index is 1230. The summed E-state index contributed by atoms with van der Waals surface area (Å²) in [5.41, 5.74) is 2.60. The summed E-state index contributed by atoms with van der Waals surface area (Å²) in [6.45, 7) is 3.70. The number of hydrogen-bond donors (Lipinski definition) is 0. The van der Waals surface area contributed by atoms with Gasteiger partial charge in [-0.25, -0.2) is 4.98 Å². The maximum atomic E-state index is 6.39. The molecule has 0 radical (unpaired) electrons. The highest BCUT2D eigenvalue weighted by Crippen LogP contribution is 2.45. The Balaban J connectivity index is 1.45. The summed E-state index contributed by atoms with van der Waals surface area (Å²) in [5, 5.41) is 4.69. The molecular weight excluding hydrogens is 418 g/mol. The highest BCUT2D eigenvalue weighted by atomic mass is 16.7. The van der Waals surface area contributed by atoms with Crippen LogP contribution in [-0.4, -0.2) is 64.8 Å². The average Bonchev–Trinajstić information content (AvgIpc) is 3.37. The van der Waals surface area contributed by atoms with E-state index in [0.29, 0.717) is 12.5 Å². The summed E-state index contributed by atoms with van der Waals surface area (Å²) in [6.07, 6.45) is 2.23. The summed E-state index contributed by atoms with van der Waals surface area (Å²) in [7, 11) is 5.41. The maximum absolute atomic E-state index is 6.39. The molecule has 3 aromatic rings. The average molecular weight is 448 g/mol. The van der Waals surface area contributed by atoms with Gasteiger partial charge in [-0.05, 0) is 50.2 Å². The molecule has 0 aliphatic carbocycles. The van der Waals surface area contributed by atoms with Crippen molar-refractivity contribution in [2.45, 2.75) is 25.1 Å². The van der Waals surface area contributed by atoms with Crippen molar-refractivity contribution in [3.8, 4) is 11.5 Å². The highest BCUT2D eigenvalue weighted by Gasteiger charge is 2.57. The van der Waals surface area contributed by atoms with E-state index in [1.807, 2.05) is 37.4 Å². The van der Waals surface area contributed by atoms with Crippen molar-refractivity contribution in [3.05, 3.63) is 53.9 Å². The zero-order valence-corrected chi connectivity index (χ0v) is 19.3. The Morgan fingerprint density at radius 3 is 2.61 bits per heavy atom. The van der Waals surface area contributed by atoms with Gasteiger partial charge in [-0.1, -0.05) is 17.3 Å². The Morgan fingerprint density at radius 2 is 1.91 bits per heavy atom. The van der Waals surface area contributed by atoms with E-state index >= 15 is 0 Å². The fourth-order valence-electron chi connectivity index (χ4n) is 5.67. The lowest BCUT2D eigenvalue weighted by molar-refractivity contribution is -0.198. The van der Waals surface area contributed by atoms with Crippen LogP contribution in [0.25, 0.3) is 11.0 Å². The van der Waals surface area contributed by atoms with E-state index in [0.717, 1.165) is 72.2 Å². The third-order valence-electron chi connectivity index (χ3n) is 7.49. The number of imidazole rings is 1. The van der Waals surface area contributed by atoms with Crippen molar-refractivity contribution in [2.75, 3.05) is 33.9 Å². The predicted molar refractivity (Wildman–Crippen MR) is 125 cm³/mol. The van der Waals surface area contributed by atoms with Gasteiger partial charge in [-0.2, -0.15) is 0 Å². The normalized spacial score (nSPS) is 26.0. The number of fused-ring (bicyclic) bond motifs is 3. The van der Waals surface area contributed by atoms with E-state index in [4.69, 9.17) is 24.5 Å². The molecule has 3 fully saturated rings. The number of nitrogens with zero attached hydrogens (tertiary/aromatic N) is 5. The second kappa shape index (κ2) is 7.66. The first-order chi connectivity index (χ1) is 16.1. The van der Waals surface area contributed by atoms with Gasteiger partial charge >= 0.3 is 0 Å². The van der Waals surface area contributed by atoms with Gasteiger partial charge < -0.3 is 23.8 Å². The van der Waals surface area contributed by atoms with Gasteiger partial charge in [-0.15, -0.1) is 0 Å². The summed E-state index contributed by atoms with van der Waals surface area (Å²) < 4.78 is 13.2. The Kier molecular flexibility index (Phi) is 4.72. The lowest BCUT2D eigenvalue weighted by Gasteiger charge is -2.53. The molecule has 0 N–H and O–H groups in total. The Morgan fingerprint density at radius 1 is 1.09 bits per heavy atom. The summed E-state index contributed by atoms with van der Waals surface area (Å²) in [6, 6.07) is 14.2. The SMILES string of the molecule is COc1ccc(CN2C(c3nc4ccccc4n3C)=NOC23CN2CCC3CC2)c(OC)c1. The number of aryl methyl sites for hydroxylation is 1. The molecule has 8 heteroatoms. The fourth-order valence-corrected chi connectivity index (χ4v) is 5.67. The van der Waals surface area contributed by atoms with Crippen molar-refractivity contribution in [3.63, 3.8) is 0 Å². The van der Waals surface area contributed by atoms with Crippen LogP contribution in [-0.2, 0) is 18.4 Å². The van der Waals surface area contributed by atoms with Crippen LogP contribution in [0.3, 0.4) is 0 Å². The highest BCUT2D eigenvalue weighted by molar-refractivity contribution is 5.99. The molecule has 1 aromatic heterocycles. The van der Waals surface area contributed by atoms with Crippen LogP contribution >= 0.6 is 0 Å². The lowest BCUT2D eigenvalue weighted by Crippen LogP contribution is -2.66. The molecule has 8 nitrogen and oxygen atoms in total. The van der Waals surface area contributed by atoms with E-state index in [1.54, 1.807) is 14.2 Å². The number of amidine groups is 1. The van der Waals surface area contributed by atoms with E-state index in [-0.39, 0.29) is 0 Å². The number of benzene rings is 2. The molecule has 1 atom stereocenters. The first kappa shape index (κ1) is 20.4. The number of piperidine rings is 3. The molecule has 33 heavy (non-hydrogen) atoms. The van der Waals surface area contributed by atoms with Crippen LogP contribution in [0.15, 0.2) is 47.6 Å².